The number of benzene rings is 2. The van der Waals surface area contributed by atoms with Crippen molar-refractivity contribution in [3.63, 3.8) is 0 Å². The summed E-state index contributed by atoms with van der Waals surface area (Å²) in [6.07, 6.45) is -6.00. The minimum Gasteiger partial charge on any atom is -0.505 e. The summed E-state index contributed by atoms with van der Waals surface area (Å²) in [6, 6.07) is 11.8. The van der Waals surface area contributed by atoms with Crippen LogP contribution in [-0.4, -0.2) is 59.5 Å². The lowest BCUT2D eigenvalue weighted by Gasteiger charge is -2.47. The van der Waals surface area contributed by atoms with Gasteiger partial charge < -0.3 is 44.6 Å². The molecule has 1 aliphatic heterocycles. The molecule has 12 nitrogen and oxygen atoms in total. The Hall–Kier alpha value is -4.13. The average Bonchev–Trinajstić information content (AvgIpc) is 2.87. The highest BCUT2D eigenvalue weighted by Gasteiger charge is 2.53. The highest BCUT2D eigenvalue weighted by atomic mass is 16.7. The highest BCUT2D eigenvalue weighted by molar-refractivity contribution is 5.98. The van der Waals surface area contributed by atoms with Crippen molar-refractivity contribution in [2.24, 2.45) is 5.73 Å². The van der Waals surface area contributed by atoms with E-state index in [1.807, 2.05) is 6.07 Å². The number of amides is 2. The molecule has 2 aromatic carbocycles. The Morgan fingerprint density at radius 3 is 2.49 bits per heavy atom. The van der Waals surface area contributed by atoms with Gasteiger partial charge in [-0.05, 0) is 38.5 Å². The first-order chi connectivity index (χ1) is 18.4. The molecule has 0 unspecified atom stereocenters. The number of fused-ring (bicyclic) bond motifs is 1. The van der Waals surface area contributed by atoms with Gasteiger partial charge in [-0.2, -0.15) is 0 Å². The molecule has 3 aromatic rings. The molecule has 0 bridgehead atoms. The summed E-state index contributed by atoms with van der Waals surface area (Å²) < 4.78 is 27.8. The normalized spacial score (nSPS) is 22.3. The van der Waals surface area contributed by atoms with Crippen LogP contribution in [0, 0.1) is 6.92 Å². The van der Waals surface area contributed by atoms with Crippen molar-refractivity contribution in [1.82, 2.24) is 0 Å². The number of methoxy groups -OCH3 is 1. The summed E-state index contributed by atoms with van der Waals surface area (Å²) in [6.45, 7) is 4.90. The molecule has 4 atom stereocenters. The number of nitrogens with one attached hydrogen (secondary N) is 1. The second-order valence-corrected chi connectivity index (χ2v) is 9.65. The zero-order valence-electron chi connectivity index (χ0n) is 21.8. The molecular formula is C27H30N2O10. The van der Waals surface area contributed by atoms with E-state index < -0.39 is 53.6 Å². The van der Waals surface area contributed by atoms with Gasteiger partial charge in [0.2, 0.25) is 12.2 Å². The van der Waals surface area contributed by atoms with Gasteiger partial charge in [-0.15, -0.1) is 0 Å². The van der Waals surface area contributed by atoms with E-state index in [1.54, 1.807) is 45.0 Å². The van der Waals surface area contributed by atoms with Crippen molar-refractivity contribution in [3.8, 4) is 11.5 Å². The number of rotatable bonds is 7. The molecule has 1 saturated heterocycles. The second-order valence-electron chi connectivity index (χ2n) is 9.65. The Morgan fingerprint density at radius 2 is 1.85 bits per heavy atom. The van der Waals surface area contributed by atoms with Crippen LogP contribution in [0.3, 0.4) is 0 Å². The lowest BCUT2D eigenvalue weighted by Crippen LogP contribution is -2.65. The van der Waals surface area contributed by atoms with E-state index in [-0.39, 0.29) is 28.8 Å². The molecule has 208 valence electrons. The van der Waals surface area contributed by atoms with Crippen LogP contribution < -0.4 is 21.4 Å². The first-order valence-corrected chi connectivity index (χ1v) is 12.1. The van der Waals surface area contributed by atoms with E-state index in [0.717, 1.165) is 5.56 Å². The molecule has 0 aliphatic carbocycles. The number of anilines is 1. The largest absolute Gasteiger partial charge is 0.505 e. The lowest BCUT2D eigenvalue weighted by atomic mass is 9.89. The van der Waals surface area contributed by atoms with Gasteiger partial charge in [0.15, 0.2) is 23.6 Å². The van der Waals surface area contributed by atoms with Gasteiger partial charge in [0.05, 0.1) is 17.4 Å². The third kappa shape index (κ3) is 5.67. The minimum atomic E-state index is -1.49. The van der Waals surface area contributed by atoms with Gasteiger partial charge in [-0.25, -0.2) is 9.59 Å². The molecule has 0 saturated carbocycles. The zero-order valence-corrected chi connectivity index (χ0v) is 21.8. The summed E-state index contributed by atoms with van der Waals surface area (Å²) in [5.41, 5.74) is 3.80. The van der Waals surface area contributed by atoms with E-state index in [1.165, 1.54) is 19.2 Å². The van der Waals surface area contributed by atoms with Crippen LogP contribution in [0.1, 0.15) is 25.0 Å². The van der Waals surface area contributed by atoms with Crippen molar-refractivity contribution in [1.29, 1.82) is 0 Å². The van der Waals surface area contributed by atoms with Gasteiger partial charge in [0.25, 0.3) is 0 Å². The number of primary amides is 1. The van der Waals surface area contributed by atoms with Crippen LogP contribution in [0.15, 0.2) is 51.7 Å². The van der Waals surface area contributed by atoms with Crippen molar-refractivity contribution in [3.05, 3.63) is 64.0 Å². The number of carbonyl (C=O) groups excluding carboxylic acids is 2. The zero-order chi connectivity index (χ0) is 28.5. The number of carbonyl (C=O) groups is 2. The maximum atomic E-state index is 12.7. The summed E-state index contributed by atoms with van der Waals surface area (Å²) in [5, 5.41) is 24.3. The maximum absolute atomic E-state index is 12.7. The molecular weight excluding hydrogens is 512 g/mol. The monoisotopic (exact) mass is 542 g/mol. The molecule has 39 heavy (non-hydrogen) atoms. The topological polar surface area (TPSA) is 180 Å². The molecule has 1 aromatic heterocycles. The SMILES string of the molecule is CO[C@@H]1[C@@H](OC(N)=O)[C@@H](O)[C@H](Oc2ccc3c(O)c(NC(=O)Cc4ccccc4)c(=O)oc3c2C)OC1(C)C. The molecule has 0 radical (unpaired) electrons. The van der Waals surface area contributed by atoms with Crippen molar-refractivity contribution in [2.45, 2.75) is 57.4 Å². The fourth-order valence-corrected chi connectivity index (χ4v) is 4.64. The van der Waals surface area contributed by atoms with Crippen LogP contribution >= 0.6 is 0 Å². The third-order valence-electron chi connectivity index (χ3n) is 6.49. The molecule has 5 N–H and O–H groups in total. The van der Waals surface area contributed by atoms with Crippen molar-refractivity contribution >= 4 is 28.7 Å². The van der Waals surface area contributed by atoms with Gasteiger partial charge in [0.1, 0.15) is 17.4 Å². The predicted octanol–water partition coefficient (Wildman–Crippen LogP) is 2.34. The standard InChI is InChI=1S/C27H30N2O10/c1-13-16(36-25-20(32)22(38-26(28)34)23(35-4)27(2,3)39-25)11-10-15-19(31)18(24(33)37-21(13)15)29-17(30)12-14-8-6-5-7-9-14/h5-11,20,22-23,25,31-32H,12H2,1-4H3,(H2,28,34)(H,29,30)/t20-,22+,23-,25-/m1/s1. The molecule has 2 amide bonds. The van der Waals surface area contributed by atoms with Crippen LogP contribution in [0.2, 0.25) is 0 Å². The molecule has 2 heterocycles. The van der Waals surface area contributed by atoms with E-state index in [0.29, 0.717) is 5.56 Å². The summed E-state index contributed by atoms with van der Waals surface area (Å²) in [5.74, 6) is -0.822. The van der Waals surface area contributed by atoms with Crippen LogP contribution in [0.5, 0.6) is 11.5 Å². The number of aliphatic hydroxyl groups is 1. The first-order valence-electron chi connectivity index (χ1n) is 12.1. The third-order valence-corrected chi connectivity index (χ3v) is 6.49. The fourth-order valence-electron chi connectivity index (χ4n) is 4.64. The Labute approximate surface area is 223 Å². The number of ether oxygens (including phenoxy) is 4. The van der Waals surface area contributed by atoms with E-state index in [4.69, 9.17) is 29.1 Å². The van der Waals surface area contributed by atoms with Gasteiger partial charge in [0, 0.05) is 12.7 Å². The molecule has 1 fully saturated rings. The smallest absolute Gasteiger partial charge is 0.404 e. The van der Waals surface area contributed by atoms with Crippen LogP contribution in [-0.2, 0) is 25.4 Å². The second kappa shape index (κ2) is 10.9. The predicted molar refractivity (Wildman–Crippen MR) is 139 cm³/mol. The highest BCUT2D eigenvalue weighted by Crippen LogP contribution is 2.38. The van der Waals surface area contributed by atoms with Crippen molar-refractivity contribution < 1.29 is 43.2 Å². The van der Waals surface area contributed by atoms with Gasteiger partial charge in [-0.1, -0.05) is 30.3 Å². The van der Waals surface area contributed by atoms with Crippen molar-refractivity contribution in [2.75, 3.05) is 12.4 Å². The van der Waals surface area contributed by atoms with Gasteiger partial charge >= 0.3 is 11.7 Å². The summed E-state index contributed by atoms with van der Waals surface area (Å²) in [7, 11) is 1.38. The van der Waals surface area contributed by atoms with Gasteiger partial charge in [-0.3, -0.25) is 4.79 Å². The lowest BCUT2D eigenvalue weighted by molar-refractivity contribution is -0.304. The summed E-state index contributed by atoms with van der Waals surface area (Å²) in [4.78, 5) is 36.7. The van der Waals surface area contributed by atoms with E-state index >= 15 is 0 Å². The fraction of sp³-hybridized carbons (Fsp3) is 0.370. The molecule has 1 aliphatic rings. The molecule has 4 rings (SSSR count). The number of aryl methyl sites for hydroxylation is 1. The molecule has 0 spiro atoms. The Balaban J connectivity index is 1.62. The minimum absolute atomic E-state index is 0.000298. The average molecular weight is 543 g/mol. The Kier molecular flexibility index (Phi) is 7.82. The number of hydrogen-bond donors (Lipinski definition) is 4. The number of nitrogens with two attached hydrogens (primary N) is 1. The first kappa shape index (κ1) is 27.9. The van der Waals surface area contributed by atoms with E-state index in [2.05, 4.69) is 5.32 Å². The number of hydrogen-bond acceptors (Lipinski definition) is 10. The maximum Gasteiger partial charge on any atom is 0.404 e. The summed E-state index contributed by atoms with van der Waals surface area (Å²) >= 11 is 0. The van der Waals surface area contributed by atoms with E-state index in [9.17, 15) is 24.6 Å². The quantitative estimate of drug-likeness (QED) is 0.324. The van der Waals surface area contributed by atoms with Crippen LogP contribution in [0.25, 0.3) is 11.0 Å². The van der Waals surface area contributed by atoms with Crippen LogP contribution in [0.4, 0.5) is 10.5 Å². The number of aromatic hydroxyl groups is 1. The number of aliphatic hydroxyl groups excluding tert-OH is 1. The Bertz CT molecular complexity index is 1440. The Morgan fingerprint density at radius 1 is 1.15 bits per heavy atom. The molecule has 12 heteroatoms.